The molecule has 6 nitrogen and oxygen atoms in total. The second-order valence-electron chi connectivity index (χ2n) is 5.30. The number of ether oxygens (including phenoxy) is 1. The monoisotopic (exact) mass is 269 g/mol. The summed E-state index contributed by atoms with van der Waals surface area (Å²) in [6, 6.07) is -0.232. The van der Waals surface area contributed by atoms with Crippen LogP contribution in [-0.4, -0.2) is 47.1 Å². The summed E-state index contributed by atoms with van der Waals surface area (Å²) in [6.07, 6.45) is 6.54. The summed E-state index contributed by atoms with van der Waals surface area (Å²) in [7, 11) is 0. The summed E-state index contributed by atoms with van der Waals surface area (Å²) >= 11 is 0. The Hall–Kier alpha value is -1.30. The number of oxime groups is 1. The summed E-state index contributed by atoms with van der Waals surface area (Å²) in [5.41, 5.74) is 5.63. The van der Waals surface area contributed by atoms with Crippen LogP contribution in [0.4, 0.5) is 0 Å². The molecule has 2 aliphatic heterocycles. The van der Waals surface area contributed by atoms with Crippen LogP contribution in [0.3, 0.4) is 0 Å². The predicted molar refractivity (Wildman–Crippen MR) is 71.0 cm³/mol. The number of amides is 1. The highest BCUT2D eigenvalue weighted by Gasteiger charge is 2.31. The van der Waals surface area contributed by atoms with Crippen LogP contribution >= 0.6 is 0 Å². The van der Waals surface area contributed by atoms with Crippen molar-refractivity contribution in [1.29, 1.82) is 0 Å². The predicted octanol–water partition coefficient (Wildman–Crippen LogP) is 1.07. The zero-order valence-electron chi connectivity index (χ0n) is 11.3. The Kier molecular flexibility index (Phi) is 5.01. The van der Waals surface area contributed by atoms with Crippen molar-refractivity contribution in [3.63, 3.8) is 0 Å². The Balaban J connectivity index is 1.81. The van der Waals surface area contributed by atoms with E-state index >= 15 is 0 Å². The van der Waals surface area contributed by atoms with Gasteiger partial charge in [-0.05, 0) is 38.5 Å². The number of hydrogen-bond acceptors (Lipinski definition) is 4. The van der Waals surface area contributed by atoms with Crippen molar-refractivity contribution in [2.75, 3.05) is 13.2 Å². The topological polar surface area (TPSA) is 88.2 Å². The van der Waals surface area contributed by atoms with E-state index in [4.69, 9.17) is 15.7 Å². The van der Waals surface area contributed by atoms with Crippen LogP contribution in [0, 0.1) is 0 Å². The first-order valence-corrected chi connectivity index (χ1v) is 7.11. The van der Waals surface area contributed by atoms with E-state index in [-0.39, 0.29) is 23.9 Å². The molecule has 0 radical (unpaired) electrons. The standard InChI is InChI=1S/C13H23N3O3/c14-13(15-18)11-5-3-8-16(11)12(17)7-6-10-4-1-2-9-19-10/h10-11,18H,1-9H2,(H2,14,15). The molecule has 0 aliphatic carbocycles. The highest BCUT2D eigenvalue weighted by Crippen LogP contribution is 2.21. The summed E-state index contributed by atoms with van der Waals surface area (Å²) in [5.74, 6) is 0.225. The molecule has 2 fully saturated rings. The maximum atomic E-state index is 12.2. The van der Waals surface area contributed by atoms with Gasteiger partial charge in [0.05, 0.1) is 12.1 Å². The second-order valence-corrected chi connectivity index (χ2v) is 5.30. The smallest absolute Gasteiger partial charge is 0.223 e. The molecule has 0 aromatic heterocycles. The van der Waals surface area contributed by atoms with Gasteiger partial charge in [0.1, 0.15) is 0 Å². The van der Waals surface area contributed by atoms with Crippen molar-refractivity contribution < 1.29 is 14.7 Å². The van der Waals surface area contributed by atoms with Crippen molar-refractivity contribution in [3.8, 4) is 0 Å². The molecule has 0 aromatic rings. The molecule has 1 amide bonds. The van der Waals surface area contributed by atoms with Gasteiger partial charge in [-0.3, -0.25) is 4.79 Å². The van der Waals surface area contributed by atoms with E-state index in [0.717, 1.165) is 38.7 Å². The SMILES string of the molecule is NC(=NO)C1CCCN1C(=O)CCC1CCCCO1. The fourth-order valence-corrected chi connectivity index (χ4v) is 2.90. The van der Waals surface area contributed by atoms with Crippen LogP contribution in [-0.2, 0) is 9.53 Å². The number of nitrogens with two attached hydrogens (primary N) is 1. The van der Waals surface area contributed by atoms with Gasteiger partial charge in [-0.25, -0.2) is 0 Å². The van der Waals surface area contributed by atoms with E-state index in [2.05, 4.69) is 5.16 Å². The molecule has 6 heteroatoms. The molecule has 0 aromatic carbocycles. The van der Waals surface area contributed by atoms with Crippen molar-refractivity contribution in [2.24, 2.45) is 10.9 Å². The summed E-state index contributed by atoms with van der Waals surface area (Å²) in [5, 5.41) is 11.8. The van der Waals surface area contributed by atoms with Gasteiger partial charge in [-0.2, -0.15) is 0 Å². The number of carbonyl (C=O) groups is 1. The first kappa shape index (κ1) is 14.1. The van der Waals surface area contributed by atoms with E-state index in [0.29, 0.717) is 13.0 Å². The summed E-state index contributed by atoms with van der Waals surface area (Å²) in [6.45, 7) is 1.51. The Morgan fingerprint density at radius 3 is 2.89 bits per heavy atom. The average Bonchev–Trinajstić information content (AvgIpc) is 2.94. The van der Waals surface area contributed by atoms with Gasteiger partial charge in [0, 0.05) is 19.6 Å². The largest absolute Gasteiger partial charge is 0.409 e. The zero-order chi connectivity index (χ0) is 13.7. The molecule has 2 atom stereocenters. The number of carbonyl (C=O) groups excluding carboxylic acids is 1. The highest BCUT2D eigenvalue weighted by atomic mass is 16.5. The molecule has 2 heterocycles. The number of nitrogens with zero attached hydrogens (tertiary/aromatic N) is 2. The van der Waals surface area contributed by atoms with Gasteiger partial charge in [0.25, 0.3) is 0 Å². The van der Waals surface area contributed by atoms with E-state index in [9.17, 15) is 4.79 Å². The number of rotatable bonds is 4. The first-order valence-electron chi connectivity index (χ1n) is 7.11. The van der Waals surface area contributed by atoms with Crippen LogP contribution in [0.5, 0.6) is 0 Å². The van der Waals surface area contributed by atoms with E-state index in [1.165, 1.54) is 6.42 Å². The molecule has 0 spiro atoms. The van der Waals surface area contributed by atoms with Crippen molar-refractivity contribution in [2.45, 2.75) is 57.1 Å². The molecule has 108 valence electrons. The Labute approximate surface area is 113 Å². The quantitative estimate of drug-likeness (QED) is 0.346. The zero-order valence-corrected chi connectivity index (χ0v) is 11.3. The van der Waals surface area contributed by atoms with Gasteiger partial charge in [0.2, 0.25) is 5.91 Å². The van der Waals surface area contributed by atoms with Gasteiger partial charge in [-0.15, -0.1) is 0 Å². The van der Waals surface area contributed by atoms with E-state index < -0.39 is 0 Å². The minimum absolute atomic E-state index is 0.0864. The minimum Gasteiger partial charge on any atom is -0.409 e. The Morgan fingerprint density at radius 1 is 1.37 bits per heavy atom. The second kappa shape index (κ2) is 6.75. The third-order valence-corrected chi connectivity index (χ3v) is 3.98. The number of hydrogen-bond donors (Lipinski definition) is 2. The van der Waals surface area contributed by atoms with Gasteiger partial charge in [-0.1, -0.05) is 5.16 Å². The molecular weight excluding hydrogens is 246 g/mol. The fourth-order valence-electron chi connectivity index (χ4n) is 2.90. The Morgan fingerprint density at radius 2 is 2.21 bits per heavy atom. The Bertz CT molecular complexity index is 340. The lowest BCUT2D eigenvalue weighted by molar-refractivity contribution is -0.132. The molecule has 2 rings (SSSR count). The molecule has 0 bridgehead atoms. The van der Waals surface area contributed by atoms with Crippen molar-refractivity contribution in [1.82, 2.24) is 4.90 Å². The van der Waals surface area contributed by atoms with Crippen molar-refractivity contribution in [3.05, 3.63) is 0 Å². The van der Waals surface area contributed by atoms with Crippen molar-refractivity contribution >= 4 is 11.7 Å². The van der Waals surface area contributed by atoms with Gasteiger partial charge >= 0.3 is 0 Å². The molecule has 2 unspecified atom stereocenters. The lowest BCUT2D eigenvalue weighted by Gasteiger charge is -2.26. The maximum absolute atomic E-state index is 12.2. The first-order chi connectivity index (χ1) is 9.22. The highest BCUT2D eigenvalue weighted by molar-refractivity contribution is 5.90. The molecule has 2 aliphatic rings. The van der Waals surface area contributed by atoms with Crippen LogP contribution in [0.1, 0.15) is 44.9 Å². The molecular formula is C13H23N3O3. The maximum Gasteiger partial charge on any atom is 0.223 e. The van der Waals surface area contributed by atoms with Gasteiger partial charge < -0.3 is 20.6 Å². The molecule has 2 saturated heterocycles. The third-order valence-electron chi connectivity index (χ3n) is 3.98. The normalized spacial score (nSPS) is 28.6. The van der Waals surface area contributed by atoms with Crippen LogP contribution in [0.15, 0.2) is 5.16 Å². The lowest BCUT2D eigenvalue weighted by atomic mass is 10.0. The minimum atomic E-state index is -0.232. The summed E-state index contributed by atoms with van der Waals surface area (Å²) in [4.78, 5) is 13.9. The van der Waals surface area contributed by atoms with Crippen LogP contribution < -0.4 is 5.73 Å². The fraction of sp³-hybridized carbons (Fsp3) is 0.846. The van der Waals surface area contributed by atoms with E-state index in [1.807, 2.05) is 0 Å². The molecule has 0 saturated carbocycles. The average molecular weight is 269 g/mol. The van der Waals surface area contributed by atoms with Gasteiger partial charge in [0.15, 0.2) is 5.84 Å². The lowest BCUT2D eigenvalue weighted by Crippen LogP contribution is -2.44. The van der Waals surface area contributed by atoms with Crippen LogP contribution in [0.2, 0.25) is 0 Å². The number of likely N-dealkylation sites (tertiary alicyclic amines) is 1. The van der Waals surface area contributed by atoms with Crippen LogP contribution in [0.25, 0.3) is 0 Å². The third kappa shape index (κ3) is 3.59. The molecule has 19 heavy (non-hydrogen) atoms. The molecule has 3 N–H and O–H groups in total. The summed E-state index contributed by atoms with van der Waals surface area (Å²) < 4.78 is 5.63. The van der Waals surface area contributed by atoms with E-state index in [1.54, 1.807) is 4.90 Å². The number of amidine groups is 1.